The summed E-state index contributed by atoms with van der Waals surface area (Å²) in [5, 5.41) is 22.5. The summed E-state index contributed by atoms with van der Waals surface area (Å²) in [6, 6.07) is 17.3. The van der Waals surface area contributed by atoms with Gasteiger partial charge in [0.15, 0.2) is 11.0 Å². The highest BCUT2D eigenvalue weighted by atomic mass is 35.5. The summed E-state index contributed by atoms with van der Waals surface area (Å²) in [5.41, 5.74) is 0.826. The molecular formula is C23H23Cl2N5OS. The Morgan fingerprint density at radius 2 is 1.94 bits per heavy atom. The van der Waals surface area contributed by atoms with E-state index >= 15 is 0 Å². The van der Waals surface area contributed by atoms with Crippen LogP contribution in [0.1, 0.15) is 26.3 Å². The second-order valence-electron chi connectivity index (χ2n) is 7.81. The smallest absolute Gasteiger partial charge is 0.231 e. The quantitative estimate of drug-likeness (QED) is 0.427. The number of benzene rings is 2. The van der Waals surface area contributed by atoms with Crippen molar-refractivity contribution in [2.24, 2.45) is 5.92 Å². The molecule has 9 heteroatoms. The van der Waals surface area contributed by atoms with E-state index in [1.54, 1.807) is 25.1 Å². The van der Waals surface area contributed by atoms with Crippen molar-refractivity contribution in [2.45, 2.75) is 38.0 Å². The maximum atomic E-state index is 12.6. The molecule has 1 N–H and O–H groups in total. The second kappa shape index (κ2) is 10.4. The lowest BCUT2D eigenvalue weighted by Crippen LogP contribution is -2.49. The van der Waals surface area contributed by atoms with Crippen LogP contribution in [0.25, 0.3) is 11.4 Å². The van der Waals surface area contributed by atoms with Crippen LogP contribution in [-0.4, -0.2) is 32.0 Å². The van der Waals surface area contributed by atoms with E-state index in [0.717, 1.165) is 5.56 Å². The maximum absolute atomic E-state index is 12.6. The van der Waals surface area contributed by atoms with Gasteiger partial charge in [0.2, 0.25) is 5.91 Å². The Morgan fingerprint density at radius 1 is 1.22 bits per heavy atom. The molecule has 0 fully saturated rings. The third-order valence-corrected chi connectivity index (χ3v) is 6.71. The van der Waals surface area contributed by atoms with E-state index in [-0.39, 0.29) is 17.6 Å². The molecule has 3 rings (SSSR count). The average Bonchev–Trinajstić information content (AvgIpc) is 3.15. The zero-order chi connectivity index (χ0) is 23.3. The first kappa shape index (κ1) is 24.1. The molecule has 1 heterocycles. The molecule has 1 unspecified atom stereocenters. The molecule has 3 aromatic rings. The van der Waals surface area contributed by atoms with Gasteiger partial charge in [0.05, 0.1) is 23.4 Å². The first-order valence-corrected chi connectivity index (χ1v) is 11.7. The zero-order valence-electron chi connectivity index (χ0n) is 18.0. The van der Waals surface area contributed by atoms with Crippen LogP contribution in [0.2, 0.25) is 10.0 Å². The van der Waals surface area contributed by atoms with Crippen LogP contribution in [0.3, 0.4) is 0 Å². The number of carbonyl (C=O) groups excluding carboxylic acids is 1. The number of thioether (sulfide) groups is 1. The molecule has 6 nitrogen and oxygen atoms in total. The Labute approximate surface area is 201 Å². The Balaban J connectivity index is 1.88. The fourth-order valence-electron chi connectivity index (χ4n) is 2.93. The molecule has 0 spiro atoms. The Hall–Kier alpha value is -2.53. The molecule has 0 radical (unpaired) electrons. The summed E-state index contributed by atoms with van der Waals surface area (Å²) in [6.45, 7) is 6.03. The molecule has 1 atom stereocenters. The molecule has 0 aliphatic rings. The minimum absolute atomic E-state index is 0.0261. The summed E-state index contributed by atoms with van der Waals surface area (Å²) in [7, 11) is 0. The van der Waals surface area contributed by atoms with E-state index in [0.29, 0.717) is 33.1 Å². The van der Waals surface area contributed by atoms with Crippen LogP contribution in [-0.2, 0) is 11.3 Å². The fraction of sp³-hybridized carbons (Fsp3) is 0.304. The second-order valence-corrected chi connectivity index (χ2v) is 9.59. The summed E-state index contributed by atoms with van der Waals surface area (Å²) >= 11 is 13.7. The van der Waals surface area contributed by atoms with Gasteiger partial charge < -0.3 is 5.32 Å². The van der Waals surface area contributed by atoms with Gasteiger partial charge in [-0.15, -0.1) is 10.2 Å². The van der Waals surface area contributed by atoms with E-state index in [2.05, 4.69) is 21.6 Å². The summed E-state index contributed by atoms with van der Waals surface area (Å²) in [6.07, 6.45) is 0. The van der Waals surface area contributed by atoms with Crippen molar-refractivity contribution in [3.63, 3.8) is 0 Å². The number of hydrogen-bond donors (Lipinski definition) is 1. The molecule has 32 heavy (non-hydrogen) atoms. The Morgan fingerprint density at radius 3 is 2.56 bits per heavy atom. The van der Waals surface area contributed by atoms with Gasteiger partial charge in [-0.3, -0.25) is 9.36 Å². The molecule has 1 amide bonds. The third-order valence-electron chi connectivity index (χ3n) is 5.19. The van der Waals surface area contributed by atoms with Crippen molar-refractivity contribution >= 4 is 40.9 Å². The van der Waals surface area contributed by atoms with E-state index in [4.69, 9.17) is 23.2 Å². The van der Waals surface area contributed by atoms with Crippen molar-refractivity contribution in [3.05, 3.63) is 64.1 Å². The number of carbonyl (C=O) groups is 1. The molecule has 0 saturated carbocycles. The number of hydrogen-bond acceptors (Lipinski definition) is 5. The maximum Gasteiger partial charge on any atom is 0.231 e. The number of amides is 1. The molecule has 166 valence electrons. The van der Waals surface area contributed by atoms with Gasteiger partial charge in [0, 0.05) is 10.6 Å². The third kappa shape index (κ3) is 5.63. The molecule has 1 aromatic heterocycles. The van der Waals surface area contributed by atoms with Crippen molar-refractivity contribution in [1.29, 1.82) is 5.26 Å². The highest BCUT2D eigenvalue weighted by molar-refractivity contribution is 7.99. The Kier molecular flexibility index (Phi) is 7.83. The monoisotopic (exact) mass is 487 g/mol. The molecule has 0 saturated heterocycles. The minimum atomic E-state index is -0.933. The topological polar surface area (TPSA) is 83.6 Å². The minimum Gasteiger partial charge on any atom is -0.337 e. The summed E-state index contributed by atoms with van der Waals surface area (Å²) in [4.78, 5) is 12.6. The zero-order valence-corrected chi connectivity index (χ0v) is 20.3. The molecule has 0 bridgehead atoms. The van der Waals surface area contributed by atoms with Crippen molar-refractivity contribution in [1.82, 2.24) is 20.1 Å². The van der Waals surface area contributed by atoms with Gasteiger partial charge in [0.1, 0.15) is 5.54 Å². The van der Waals surface area contributed by atoms with Gasteiger partial charge >= 0.3 is 0 Å². The standard InChI is InChI=1S/C23H23Cl2N5OS/c1-15(2)23(3,14-26)27-20(31)13-32-22-29-28-21(18-10-9-17(24)11-19(18)25)30(22)12-16-7-5-4-6-8-16/h4-11,15H,12-13H2,1-3H3,(H,27,31). The predicted octanol–water partition coefficient (Wildman–Crippen LogP) is 5.45. The van der Waals surface area contributed by atoms with E-state index < -0.39 is 5.54 Å². The van der Waals surface area contributed by atoms with Crippen LogP contribution >= 0.6 is 35.0 Å². The van der Waals surface area contributed by atoms with Gasteiger partial charge in [0.25, 0.3) is 0 Å². The highest BCUT2D eigenvalue weighted by Gasteiger charge is 2.30. The lowest BCUT2D eigenvalue weighted by molar-refractivity contribution is -0.120. The van der Waals surface area contributed by atoms with E-state index in [1.165, 1.54) is 11.8 Å². The predicted molar refractivity (Wildman–Crippen MR) is 129 cm³/mol. The number of nitriles is 1. The van der Waals surface area contributed by atoms with Crippen LogP contribution in [0.15, 0.2) is 53.7 Å². The fourth-order valence-corrected chi connectivity index (χ4v) is 4.16. The number of halogens is 2. The summed E-state index contributed by atoms with van der Waals surface area (Å²) < 4.78 is 1.92. The molecular weight excluding hydrogens is 465 g/mol. The SMILES string of the molecule is CC(C)C(C)(C#N)NC(=O)CSc1nnc(-c2ccc(Cl)cc2Cl)n1Cc1ccccc1. The largest absolute Gasteiger partial charge is 0.337 e. The summed E-state index contributed by atoms with van der Waals surface area (Å²) in [5.74, 6) is 0.419. The lowest BCUT2D eigenvalue weighted by atomic mass is 9.90. The lowest BCUT2D eigenvalue weighted by Gasteiger charge is -2.27. The van der Waals surface area contributed by atoms with Crippen LogP contribution in [0.4, 0.5) is 0 Å². The van der Waals surface area contributed by atoms with E-state index in [9.17, 15) is 10.1 Å². The van der Waals surface area contributed by atoms with Crippen LogP contribution in [0.5, 0.6) is 0 Å². The number of rotatable bonds is 8. The van der Waals surface area contributed by atoms with Gasteiger partial charge in [-0.25, -0.2) is 0 Å². The van der Waals surface area contributed by atoms with Gasteiger partial charge in [-0.1, -0.05) is 79.1 Å². The average molecular weight is 488 g/mol. The van der Waals surface area contributed by atoms with E-state index in [1.807, 2.05) is 48.7 Å². The molecule has 0 aliphatic carbocycles. The molecule has 0 aliphatic heterocycles. The normalized spacial score (nSPS) is 12.9. The van der Waals surface area contributed by atoms with Crippen molar-refractivity contribution in [2.75, 3.05) is 5.75 Å². The van der Waals surface area contributed by atoms with Crippen LogP contribution < -0.4 is 5.32 Å². The number of nitrogens with one attached hydrogen (secondary N) is 1. The highest BCUT2D eigenvalue weighted by Crippen LogP contribution is 2.32. The molecule has 2 aromatic carbocycles. The van der Waals surface area contributed by atoms with Crippen molar-refractivity contribution < 1.29 is 4.79 Å². The number of nitrogens with zero attached hydrogens (tertiary/aromatic N) is 4. The van der Waals surface area contributed by atoms with Gasteiger partial charge in [-0.2, -0.15) is 5.26 Å². The van der Waals surface area contributed by atoms with Crippen molar-refractivity contribution in [3.8, 4) is 17.5 Å². The van der Waals surface area contributed by atoms with Gasteiger partial charge in [-0.05, 0) is 36.6 Å². The number of aromatic nitrogens is 3. The first-order chi connectivity index (χ1) is 15.2. The van der Waals surface area contributed by atoms with Crippen LogP contribution in [0, 0.1) is 17.2 Å². The Bertz CT molecular complexity index is 1140. The first-order valence-electron chi connectivity index (χ1n) is 10.0.